The van der Waals surface area contributed by atoms with Crippen molar-refractivity contribution in [3.05, 3.63) is 60.4 Å². The summed E-state index contributed by atoms with van der Waals surface area (Å²) in [5, 5.41) is 1.86. The summed E-state index contributed by atoms with van der Waals surface area (Å²) < 4.78 is 26.0. The molecule has 24 heavy (non-hydrogen) atoms. The molecule has 1 heterocycles. The van der Waals surface area contributed by atoms with Crippen LogP contribution in [0.1, 0.15) is 31.6 Å². The number of hydrogen-bond donors (Lipinski definition) is 1. The first kappa shape index (κ1) is 18.1. The number of benzene rings is 1. The second kappa shape index (κ2) is 7.13. The van der Waals surface area contributed by atoms with Crippen LogP contribution in [-0.2, 0) is 14.6 Å². The van der Waals surface area contributed by atoms with E-state index in [4.69, 9.17) is 0 Å². The van der Waals surface area contributed by atoms with Gasteiger partial charge in [-0.15, -0.1) is 0 Å². The average molecular weight is 346 g/mol. The zero-order valence-corrected chi connectivity index (χ0v) is 14.9. The largest absolute Gasteiger partial charge is 0.354 e. The molecule has 0 radical (unpaired) electrons. The van der Waals surface area contributed by atoms with Gasteiger partial charge in [0.25, 0.3) is 0 Å². The Labute approximate surface area is 143 Å². The van der Waals surface area contributed by atoms with Crippen LogP contribution in [0.2, 0.25) is 0 Å². The molecular formula is C18H22N2O3S. The van der Waals surface area contributed by atoms with Crippen LogP contribution >= 0.6 is 0 Å². The van der Waals surface area contributed by atoms with Crippen molar-refractivity contribution in [1.29, 1.82) is 0 Å². The Hall–Kier alpha value is -2.21. The van der Waals surface area contributed by atoms with Crippen molar-refractivity contribution in [3.63, 3.8) is 0 Å². The maximum absolute atomic E-state index is 13.0. The first-order valence-corrected chi connectivity index (χ1v) is 9.25. The summed E-state index contributed by atoms with van der Waals surface area (Å²) in [6, 6.07) is 11.6. The SMILES string of the molecule is CC(C)(C)C(=O)NC[C@@H](c1cccnc1)S(=O)(=O)c1ccccc1. The smallest absolute Gasteiger partial charge is 0.225 e. The molecular weight excluding hydrogens is 324 g/mol. The number of amides is 1. The lowest BCUT2D eigenvalue weighted by atomic mass is 9.95. The summed E-state index contributed by atoms with van der Waals surface area (Å²) in [5.74, 6) is -0.195. The first-order valence-electron chi connectivity index (χ1n) is 7.70. The second-order valence-electron chi connectivity index (χ2n) is 6.59. The molecule has 0 spiro atoms. The van der Waals surface area contributed by atoms with Crippen LogP contribution in [0.5, 0.6) is 0 Å². The second-order valence-corrected chi connectivity index (χ2v) is 8.72. The maximum Gasteiger partial charge on any atom is 0.225 e. The van der Waals surface area contributed by atoms with Gasteiger partial charge in [0.15, 0.2) is 9.84 Å². The number of aromatic nitrogens is 1. The quantitative estimate of drug-likeness (QED) is 0.903. The molecule has 1 aromatic heterocycles. The van der Waals surface area contributed by atoms with Crippen molar-refractivity contribution < 1.29 is 13.2 Å². The Morgan fingerprint density at radius 3 is 2.33 bits per heavy atom. The van der Waals surface area contributed by atoms with Crippen molar-refractivity contribution >= 4 is 15.7 Å². The summed E-state index contributed by atoms with van der Waals surface area (Å²) in [7, 11) is -3.65. The topological polar surface area (TPSA) is 76.1 Å². The van der Waals surface area contributed by atoms with Gasteiger partial charge in [-0.1, -0.05) is 45.0 Å². The number of nitrogens with one attached hydrogen (secondary N) is 1. The van der Waals surface area contributed by atoms with Gasteiger partial charge in [0.2, 0.25) is 5.91 Å². The summed E-state index contributed by atoms with van der Waals surface area (Å²) in [6.07, 6.45) is 3.11. The third-order valence-electron chi connectivity index (χ3n) is 3.63. The zero-order chi connectivity index (χ0) is 17.8. The van der Waals surface area contributed by atoms with Gasteiger partial charge in [-0.2, -0.15) is 0 Å². The Morgan fingerprint density at radius 1 is 1.12 bits per heavy atom. The van der Waals surface area contributed by atoms with E-state index in [-0.39, 0.29) is 17.3 Å². The molecule has 0 saturated carbocycles. The summed E-state index contributed by atoms with van der Waals surface area (Å²) in [6.45, 7) is 5.35. The molecule has 1 amide bonds. The van der Waals surface area contributed by atoms with E-state index in [1.165, 1.54) is 6.20 Å². The Morgan fingerprint density at radius 2 is 1.79 bits per heavy atom. The molecule has 0 saturated heterocycles. The molecule has 0 aliphatic rings. The van der Waals surface area contributed by atoms with Crippen LogP contribution in [0, 0.1) is 5.41 Å². The molecule has 0 aliphatic carbocycles. The van der Waals surface area contributed by atoms with Gasteiger partial charge >= 0.3 is 0 Å². The van der Waals surface area contributed by atoms with E-state index < -0.39 is 20.5 Å². The van der Waals surface area contributed by atoms with Gasteiger partial charge in [0, 0.05) is 24.4 Å². The highest BCUT2D eigenvalue weighted by Crippen LogP contribution is 2.28. The predicted molar refractivity (Wildman–Crippen MR) is 93.1 cm³/mol. The first-order chi connectivity index (χ1) is 11.2. The molecule has 0 fully saturated rings. The molecule has 0 aliphatic heterocycles. The molecule has 1 N–H and O–H groups in total. The van der Waals surface area contributed by atoms with Gasteiger partial charge in [-0.25, -0.2) is 8.42 Å². The van der Waals surface area contributed by atoms with E-state index in [2.05, 4.69) is 10.3 Å². The molecule has 2 aromatic rings. The van der Waals surface area contributed by atoms with Crippen molar-refractivity contribution in [3.8, 4) is 0 Å². The van der Waals surface area contributed by atoms with E-state index >= 15 is 0 Å². The lowest BCUT2D eigenvalue weighted by Crippen LogP contribution is -2.38. The van der Waals surface area contributed by atoms with Gasteiger partial charge < -0.3 is 5.32 Å². The van der Waals surface area contributed by atoms with Crippen molar-refractivity contribution in [2.45, 2.75) is 30.9 Å². The normalized spacial score (nSPS) is 13.3. The summed E-state index contributed by atoms with van der Waals surface area (Å²) in [5.41, 5.74) is -0.0359. The van der Waals surface area contributed by atoms with Crippen LogP contribution < -0.4 is 5.32 Å². The minimum atomic E-state index is -3.65. The van der Waals surface area contributed by atoms with Crippen LogP contribution in [0.3, 0.4) is 0 Å². The maximum atomic E-state index is 13.0. The number of carbonyl (C=O) groups is 1. The number of hydrogen-bond acceptors (Lipinski definition) is 4. The summed E-state index contributed by atoms with van der Waals surface area (Å²) >= 11 is 0. The van der Waals surface area contributed by atoms with E-state index in [1.54, 1.807) is 69.4 Å². The number of pyridine rings is 1. The van der Waals surface area contributed by atoms with E-state index in [9.17, 15) is 13.2 Å². The highest BCUT2D eigenvalue weighted by atomic mass is 32.2. The van der Waals surface area contributed by atoms with Gasteiger partial charge in [0.05, 0.1) is 4.90 Å². The zero-order valence-electron chi connectivity index (χ0n) is 14.1. The van der Waals surface area contributed by atoms with Crippen LogP contribution in [0.4, 0.5) is 0 Å². The molecule has 6 heteroatoms. The minimum Gasteiger partial charge on any atom is -0.354 e. The third-order valence-corrected chi connectivity index (χ3v) is 5.75. The van der Waals surface area contributed by atoms with Gasteiger partial charge in [0.1, 0.15) is 5.25 Å². The molecule has 1 aromatic carbocycles. The molecule has 2 rings (SSSR count). The monoisotopic (exact) mass is 346 g/mol. The van der Waals surface area contributed by atoms with E-state index in [0.29, 0.717) is 5.56 Å². The van der Waals surface area contributed by atoms with Crippen LogP contribution in [0.25, 0.3) is 0 Å². The van der Waals surface area contributed by atoms with Crippen LogP contribution in [0.15, 0.2) is 59.8 Å². The highest BCUT2D eigenvalue weighted by Gasteiger charge is 2.31. The lowest BCUT2D eigenvalue weighted by molar-refractivity contribution is -0.128. The van der Waals surface area contributed by atoms with E-state index in [1.807, 2.05) is 0 Å². The van der Waals surface area contributed by atoms with Gasteiger partial charge in [-0.05, 0) is 23.8 Å². The van der Waals surface area contributed by atoms with E-state index in [0.717, 1.165) is 0 Å². The minimum absolute atomic E-state index is 0.000968. The summed E-state index contributed by atoms with van der Waals surface area (Å²) in [4.78, 5) is 16.4. The fourth-order valence-corrected chi connectivity index (χ4v) is 3.86. The Balaban J connectivity index is 2.36. The van der Waals surface area contributed by atoms with Gasteiger partial charge in [-0.3, -0.25) is 9.78 Å². The molecule has 0 unspecified atom stereocenters. The van der Waals surface area contributed by atoms with Crippen molar-refractivity contribution in [2.24, 2.45) is 5.41 Å². The van der Waals surface area contributed by atoms with Crippen molar-refractivity contribution in [1.82, 2.24) is 10.3 Å². The average Bonchev–Trinajstić information content (AvgIpc) is 2.55. The molecule has 5 nitrogen and oxygen atoms in total. The van der Waals surface area contributed by atoms with Crippen molar-refractivity contribution in [2.75, 3.05) is 6.54 Å². The number of carbonyl (C=O) groups excluding carboxylic acids is 1. The van der Waals surface area contributed by atoms with Crippen LogP contribution in [-0.4, -0.2) is 25.9 Å². The standard InChI is InChI=1S/C18H22N2O3S/c1-18(2,3)17(21)20-13-16(14-8-7-11-19-12-14)24(22,23)15-9-5-4-6-10-15/h4-12,16H,13H2,1-3H3,(H,20,21)/t16-/m0/s1. The molecule has 128 valence electrons. The lowest BCUT2D eigenvalue weighted by Gasteiger charge is -2.22. The fourth-order valence-electron chi connectivity index (χ4n) is 2.20. The number of rotatable bonds is 5. The Bertz CT molecular complexity index is 782. The highest BCUT2D eigenvalue weighted by molar-refractivity contribution is 7.91. The Kier molecular flexibility index (Phi) is 5.39. The number of sulfone groups is 1. The third kappa shape index (κ3) is 4.20. The molecule has 0 bridgehead atoms. The fraction of sp³-hybridized carbons (Fsp3) is 0.333. The molecule has 1 atom stereocenters. The predicted octanol–water partition coefficient (Wildman–Crippen LogP) is 2.76. The number of nitrogens with zero attached hydrogens (tertiary/aromatic N) is 1.